The minimum atomic E-state index is 0.868. The number of piperidine rings is 1. The van der Waals surface area contributed by atoms with E-state index < -0.39 is 0 Å². The van der Waals surface area contributed by atoms with E-state index in [1.165, 1.54) is 58.3 Å². The van der Waals surface area contributed by atoms with Gasteiger partial charge in [-0.15, -0.1) is 0 Å². The zero-order valence-electron chi connectivity index (χ0n) is 9.47. The smallest absolute Gasteiger partial charge is 0.00672 e. The Labute approximate surface area is 88.1 Å². The first kappa shape index (κ1) is 10.4. The van der Waals surface area contributed by atoms with Crippen LogP contribution in [0.3, 0.4) is 0 Å². The van der Waals surface area contributed by atoms with Crippen LogP contribution in [0.1, 0.15) is 39.0 Å². The second kappa shape index (κ2) is 5.13. The van der Waals surface area contributed by atoms with Crippen molar-refractivity contribution in [3.05, 3.63) is 0 Å². The molecule has 2 fully saturated rings. The van der Waals surface area contributed by atoms with Gasteiger partial charge in [0.2, 0.25) is 0 Å². The number of hydrogen-bond donors (Lipinski definition) is 1. The highest BCUT2D eigenvalue weighted by atomic mass is 15.1. The van der Waals surface area contributed by atoms with Gasteiger partial charge in [-0.05, 0) is 51.2 Å². The lowest BCUT2D eigenvalue weighted by Gasteiger charge is -2.34. The molecule has 0 bridgehead atoms. The molecule has 1 unspecified atom stereocenters. The monoisotopic (exact) mass is 196 g/mol. The fraction of sp³-hybridized carbons (Fsp3) is 1.00. The van der Waals surface area contributed by atoms with Crippen LogP contribution in [0, 0.1) is 5.92 Å². The van der Waals surface area contributed by atoms with Gasteiger partial charge in [0, 0.05) is 12.6 Å². The molecule has 1 aliphatic carbocycles. The Kier molecular flexibility index (Phi) is 3.82. The summed E-state index contributed by atoms with van der Waals surface area (Å²) in [5.74, 6) is 0.921. The normalized spacial score (nSPS) is 30.2. The number of nitrogens with one attached hydrogen (secondary N) is 1. The van der Waals surface area contributed by atoms with Crippen molar-refractivity contribution in [2.24, 2.45) is 5.92 Å². The maximum Gasteiger partial charge on any atom is 0.00672 e. The lowest BCUT2D eigenvalue weighted by atomic mass is 9.91. The first-order valence-corrected chi connectivity index (χ1v) is 6.34. The van der Waals surface area contributed by atoms with Crippen LogP contribution in [-0.4, -0.2) is 37.1 Å². The lowest BCUT2D eigenvalue weighted by molar-refractivity contribution is 0.172. The van der Waals surface area contributed by atoms with Crippen molar-refractivity contribution in [2.45, 2.75) is 45.1 Å². The predicted molar refractivity (Wildman–Crippen MR) is 60.5 cm³/mol. The van der Waals surface area contributed by atoms with Gasteiger partial charge in [-0.3, -0.25) is 0 Å². The maximum absolute atomic E-state index is 3.71. The van der Waals surface area contributed by atoms with Crippen molar-refractivity contribution in [1.82, 2.24) is 10.2 Å². The molecular weight excluding hydrogens is 172 g/mol. The van der Waals surface area contributed by atoms with E-state index in [0.717, 1.165) is 12.0 Å². The largest absolute Gasteiger partial charge is 0.314 e. The van der Waals surface area contributed by atoms with Crippen LogP contribution in [0.15, 0.2) is 0 Å². The molecule has 1 atom stereocenters. The van der Waals surface area contributed by atoms with E-state index in [-0.39, 0.29) is 0 Å². The van der Waals surface area contributed by atoms with Gasteiger partial charge in [-0.25, -0.2) is 0 Å². The Hall–Kier alpha value is -0.0800. The predicted octanol–water partition coefficient (Wildman–Crippen LogP) is 1.86. The third kappa shape index (κ3) is 2.71. The van der Waals surface area contributed by atoms with Gasteiger partial charge in [0.15, 0.2) is 0 Å². The van der Waals surface area contributed by atoms with Crippen molar-refractivity contribution in [3.63, 3.8) is 0 Å². The van der Waals surface area contributed by atoms with E-state index in [4.69, 9.17) is 0 Å². The van der Waals surface area contributed by atoms with Gasteiger partial charge in [0.25, 0.3) is 0 Å². The summed E-state index contributed by atoms with van der Waals surface area (Å²) in [7, 11) is 0. The summed E-state index contributed by atoms with van der Waals surface area (Å²) in [5, 5.41) is 3.71. The summed E-state index contributed by atoms with van der Waals surface area (Å²) < 4.78 is 0. The molecule has 2 heteroatoms. The maximum atomic E-state index is 3.71. The van der Waals surface area contributed by atoms with Crippen LogP contribution < -0.4 is 5.32 Å². The van der Waals surface area contributed by atoms with Crippen molar-refractivity contribution >= 4 is 0 Å². The molecule has 0 amide bonds. The molecule has 0 aromatic carbocycles. The molecule has 2 aliphatic rings. The Morgan fingerprint density at radius 1 is 1.21 bits per heavy atom. The van der Waals surface area contributed by atoms with Gasteiger partial charge in [0.05, 0.1) is 0 Å². The van der Waals surface area contributed by atoms with Gasteiger partial charge >= 0.3 is 0 Å². The number of rotatable bonds is 4. The average molecular weight is 196 g/mol. The van der Waals surface area contributed by atoms with Crippen molar-refractivity contribution in [2.75, 3.05) is 26.2 Å². The Morgan fingerprint density at radius 2 is 2.07 bits per heavy atom. The van der Waals surface area contributed by atoms with Crippen LogP contribution in [-0.2, 0) is 0 Å². The van der Waals surface area contributed by atoms with E-state index in [1.807, 2.05) is 0 Å². The molecule has 0 radical (unpaired) electrons. The molecular formula is C12H24N2. The lowest BCUT2D eigenvalue weighted by Crippen LogP contribution is -2.43. The third-order valence-electron chi connectivity index (χ3n) is 3.85. The molecule has 0 spiro atoms. The van der Waals surface area contributed by atoms with Crippen LogP contribution in [0.25, 0.3) is 0 Å². The summed E-state index contributed by atoms with van der Waals surface area (Å²) in [6, 6.07) is 0.868. The zero-order chi connectivity index (χ0) is 9.80. The standard InChI is InChI=1S/C12H24N2/c1-2-14-8-4-5-11(10-14)9-13-12-6-3-7-12/h11-13H,2-10H2,1H3. The summed E-state index contributed by atoms with van der Waals surface area (Å²) in [6.07, 6.45) is 7.14. The molecule has 0 aromatic heterocycles. The van der Waals surface area contributed by atoms with Gasteiger partial charge in [0.1, 0.15) is 0 Å². The summed E-state index contributed by atoms with van der Waals surface area (Å²) in [5.41, 5.74) is 0. The van der Waals surface area contributed by atoms with Crippen LogP contribution in [0.2, 0.25) is 0 Å². The van der Waals surface area contributed by atoms with E-state index in [2.05, 4.69) is 17.1 Å². The molecule has 1 saturated heterocycles. The highest BCUT2D eigenvalue weighted by Gasteiger charge is 2.21. The minimum absolute atomic E-state index is 0.868. The molecule has 82 valence electrons. The number of likely N-dealkylation sites (tertiary alicyclic amines) is 1. The van der Waals surface area contributed by atoms with Crippen molar-refractivity contribution in [3.8, 4) is 0 Å². The summed E-state index contributed by atoms with van der Waals surface area (Å²) in [4.78, 5) is 2.59. The summed E-state index contributed by atoms with van der Waals surface area (Å²) >= 11 is 0. The first-order valence-electron chi connectivity index (χ1n) is 6.34. The van der Waals surface area contributed by atoms with Crippen LogP contribution >= 0.6 is 0 Å². The quantitative estimate of drug-likeness (QED) is 0.738. The molecule has 0 aromatic rings. The second-order valence-electron chi connectivity index (χ2n) is 4.94. The molecule has 2 rings (SSSR count). The van der Waals surface area contributed by atoms with E-state index in [1.54, 1.807) is 0 Å². The molecule has 2 nitrogen and oxygen atoms in total. The fourth-order valence-electron chi connectivity index (χ4n) is 2.55. The van der Waals surface area contributed by atoms with Crippen LogP contribution in [0.5, 0.6) is 0 Å². The van der Waals surface area contributed by atoms with Gasteiger partial charge < -0.3 is 10.2 Å². The van der Waals surface area contributed by atoms with E-state index >= 15 is 0 Å². The molecule has 1 N–H and O–H groups in total. The van der Waals surface area contributed by atoms with Gasteiger partial charge in [-0.2, -0.15) is 0 Å². The molecule has 1 aliphatic heterocycles. The highest BCUT2D eigenvalue weighted by molar-refractivity contribution is 4.80. The minimum Gasteiger partial charge on any atom is -0.314 e. The Morgan fingerprint density at radius 3 is 2.71 bits per heavy atom. The average Bonchev–Trinajstić information content (AvgIpc) is 2.16. The molecule has 14 heavy (non-hydrogen) atoms. The van der Waals surface area contributed by atoms with Crippen molar-refractivity contribution < 1.29 is 0 Å². The zero-order valence-corrected chi connectivity index (χ0v) is 9.47. The summed E-state index contributed by atoms with van der Waals surface area (Å²) in [6.45, 7) is 7.44. The van der Waals surface area contributed by atoms with Gasteiger partial charge in [-0.1, -0.05) is 13.3 Å². The van der Waals surface area contributed by atoms with E-state index in [9.17, 15) is 0 Å². The Balaban J connectivity index is 1.63. The Bertz CT molecular complexity index is 166. The van der Waals surface area contributed by atoms with Crippen LogP contribution in [0.4, 0.5) is 0 Å². The second-order valence-corrected chi connectivity index (χ2v) is 4.94. The van der Waals surface area contributed by atoms with E-state index in [0.29, 0.717) is 0 Å². The first-order chi connectivity index (χ1) is 6.88. The molecule has 1 saturated carbocycles. The molecule has 1 heterocycles. The topological polar surface area (TPSA) is 15.3 Å². The number of nitrogens with zero attached hydrogens (tertiary/aromatic N) is 1. The third-order valence-corrected chi connectivity index (χ3v) is 3.85. The number of hydrogen-bond acceptors (Lipinski definition) is 2. The van der Waals surface area contributed by atoms with Crippen molar-refractivity contribution in [1.29, 1.82) is 0 Å². The highest BCUT2D eigenvalue weighted by Crippen LogP contribution is 2.20. The SMILES string of the molecule is CCN1CCCC(CNC2CCC2)C1. The fourth-order valence-corrected chi connectivity index (χ4v) is 2.55.